The van der Waals surface area contributed by atoms with Crippen LogP contribution in [0.5, 0.6) is 0 Å². The number of nitrogens with one attached hydrogen (secondary N) is 1. The molecule has 0 aliphatic carbocycles. The van der Waals surface area contributed by atoms with Gasteiger partial charge in [-0.25, -0.2) is 0 Å². The van der Waals surface area contributed by atoms with Crippen molar-refractivity contribution in [3.05, 3.63) is 63.9 Å². The predicted octanol–water partition coefficient (Wildman–Crippen LogP) is 4.29. The van der Waals surface area contributed by atoms with Crippen LogP contribution in [0, 0.1) is 0 Å². The molecule has 0 spiro atoms. The molecule has 0 atom stereocenters. The third-order valence-electron chi connectivity index (χ3n) is 4.67. The molecule has 1 aliphatic rings. The monoisotopic (exact) mass is 398 g/mol. The number of benzene rings is 1. The summed E-state index contributed by atoms with van der Waals surface area (Å²) < 4.78 is 2.17. The van der Waals surface area contributed by atoms with Crippen molar-refractivity contribution in [2.24, 2.45) is 0 Å². The summed E-state index contributed by atoms with van der Waals surface area (Å²) in [5.74, 6) is 2.71. The summed E-state index contributed by atoms with van der Waals surface area (Å²) in [4.78, 5) is 15.1. The molecular weight excluding hydrogens is 376 g/mol. The minimum atomic E-state index is -0.0600. The van der Waals surface area contributed by atoms with Crippen LogP contribution in [0.4, 0.5) is 0 Å². The van der Waals surface area contributed by atoms with Gasteiger partial charge in [-0.15, -0.1) is 33.3 Å². The van der Waals surface area contributed by atoms with Crippen molar-refractivity contribution in [1.82, 2.24) is 20.1 Å². The molecule has 1 amide bonds. The number of carbonyl (C=O) groups is 1. The van der Waals surface area contributed by atoms with Crippen molar-refractivity contribution in [3.63, 3.8) is 0 Å². The fourth-order valence-corrected chi connectivity index (χ4v) is 5.08. The molecular formula is C20H22N4OS2. The van der Waals surface area contributed by atoms with E-state index in [-0.39, 0.29) is 5.91 Å². The van der Waals surface area contributed by atoms with Gasteiger partial charge in [0.1, 0.15) is 5.82 Å². The van der Waals surface area contributed by atoms with Gasteiger partial charge in [-0.3, -0.25) is 4.79 Å². The topological polar surface area (TPSA) is 59.8 Å². The standard InChI is InChI=1S/C20H22N4OS2/c25-20(21-13-19-23-22-18-10-2-1-5-11-24(18)19)16-8-3-4-9-17(16)27-14-15-7-6-12-26-15/h3-4,6-9,12H,1-2,5,10-11,13-14H2,(H,21,25). The quantitative estimate of drug-likeness (QED) is 0.629. The van der Waals surface area contributed by atoms with Crippen LogP contribution in [-0.4, -0.2) is 20.7 Å². The number of nitrogens with zero attached hydrogens (tertiary/aromatic N) is 3. The fourth-order valence-electron chi connectivity index (χ4n) is 3.25. The summed E-state index contributed by atoms with van der Waals surface area (Å²) in [5, 5.41) is 13.7. The average Bonchev–Trinajstić information content (AvgIpc) is 3.29. The normalized spacial score (nSPS) is 13.8. The Hall–Kier alpha value is -2.12. The first-order chi connectivity index (χ1) is 13.3. The molecule has 27 heavy (non-hydrogen) atoms. The number of rotatable bonds is 6. The largest absolute Gasteiger partial charge is 0.345 e. The van der Waals surface area contributed by atoms with Gasteiger partial charge in [0.2, 0.25) is 0 Å². The Bertz CT molecular complexity index is 905. The first kappa shape index (κ1) is 18.3. The van der Waals surface area contributed by atoms with Gasteiger partial charge in [0.05, 0.1) is 12.1 Å². The van der Waals surface area contributed by atoms with Crippen molar-refractivity contribution in [1.29, 1.82) is 0 Å². The highest BCUT2D eigenvalue weighted by Gasteiger charge is 2.16. The smallest absolute Gasteiger partial charge is 0.252 e. The molecule has 2 aromatic heterocycles. The Morgan fingerprint density at radius 2 is 2.07 bits per heavy atom. The van der Waals surface area contributed by atoms with E-state index in [1.54, 1.807) is 23.1 Å². The highest BCUT2D eigenvalue weighted by Crippen LogP contribution is 2.28. The second-order valence-corrected chi connectivity index (χ2v) is 8.59. The van der Waals surface area contributed by atoms with E-state index in [0.717, 1.165) is 47.2 Å². The van der Waals surface area contributed by atoms with E-state index in [0.29, 0.717) is 6.54 Å². The second kappa shape index (κ2) is 8.71. The summed E-state index contributed by atoms with van der Waals surface area (Å²) in [5.41, 5.74) is 0.717. The molecule has 0 saturated carbocycles. The molecule has 0 radical (unpaired) electrons. The van der Waals surface area contributed by atoms with Crippen molar-refractivity contribution in [3.8, 4) is 0 Å². The number of thiophene rings is 1. The van der Waals surface area contributed by atoms with Gasteiger partial charge in [-0.2, -0.15) is 0 Å². The minimum absolute atomic E-state index is 0.0600. The maximum Gasteiger partial charge on any atom is 0.252 e. The summed E-state index contributed by atoms with van der Waals surface area (Å²) in [6.45, 7) is 1.36. The number of hydrogen-bond acceptors (Lipinski definition) is 5. The lowest BCUT2D eigenvalue weighted by molar-refractivity contribution is 0.0946. The third-order valence-corrected chi connectivity index (χ3v) is 6.86. The maximum absolute atomic E-state index is 12.8. The number of hydrogen-bond donors (Lipinski definition) is 1. The summed E-state index contributed by atoms with van der Waals surface area (Å²) >= 11 is 3.44. The first-order valence-corrected chi connectivity index (χ1v) is 11.1. The summed E-state index contributed by atoms with van der Waals surface area (Å²) in [6, 6.07) is 12.0. The van der Waals surface area contributed by atoms with Crippen LogP contribution in [-0.2, 0) is 25.3 Å². The lowest BCUT2D eigenvalue weighted by atomic mass is 10.2. The van der Waals surface area contributed by atoms with Crippen LogP contribution in [0.1, 0.15) is 46.1 Å². The molecule has 3 heterocycles. The maximum atomic E-state index is 12.8. The lowest BCUT2D eigenvalue weighted by Crippen LogP contribution is -2.25. The molecule has 0 saturated heterocycles. The zero-order chi connectivity index (χ0) is 18.5. The van der Waals surface area contributed by atoms with Crippen LogP contribution in [0.3, 0.4) is 0 Å². The van der Waals surface area contributed by atoms with Crippen molar-refractivity contribution < 1.29 is 4.79 Å². The second-order valence-electron chi connectivity index (χ2n) is 6.54. The van der Waals surface area contributed by atoms with Gasteiger partial charge in [0, 0.05) is 28.5 Å². The Morgan fingerprint density at radius 3 is 2.96 bits per heavy atom. The van der Waals surface area contributed by atoms with Gasteiger partial charge >= 0.3 is 0 Å². The van der Waals surface area contributed by atoms with Crippen LogP contribution in [0.15, 0.2) is 46.7 Å². The molecule has 1 aromatic carbocycles. The Kier molecular flexibility index (Phi) is 5.89. The Labute approximate surface area is 167 Å². The van der Waals surface area contributed by atoms with Gasteiger partial charge < -0.3 is 9.88 Å². The third kappa shape index (κ3) is 4.42. The van der Waals surface area contributed by atoms with Gasteiger partial charge in [0.15, 0.2) is 5.82 Å². The fraction of sp³-hybridized carbons (Fsp3) is 0.350. The van der Waals surface area contributed by atoms with Crippen molar-refractivity contribution >= 4 is 29.0 Å². The molecule has 1 N–H and O–H groups in total. The number of aryl methyl sites for hydroxylation is 1. The molecule has 0 unspecified atom stereocenters. The van der Waals surface area contributed by atoms with Crippen LogP contribution < -0.4 is 5.32 Å². The first-order valence-electron chi connectivity index (χ1n) is 9.24. The Morgan fingerprint density at radius 1 is 1.15 bits per heavy atom. The number of amides is 1. The molecule has 140 valence electrons. The molecule has 3 aromatic rings. The zero-order valence-electron chi connectivity index (χ0n) is 15.1. The molecule has 5 nitrogen and oxygen atoms in total. The van der Waals surface area contributed by atoms with Crippen molar-refractivity contribution in [2.75, 3.05) is 0 Å². The highest BCUT2D eigenvalue weighted by atomic mass is 32.2. The molecule has 0 fully saturated rings. The zero-order valence-corrected chi connectivity index (χ0v) is 16.7. The number of fused-ring (bicyclic) bond motifs is 1. The van der Waals surface area contributed by atoms with E-state index < -0.39 is 0 Å². The molecule has 7 heteroatoms. The number of carbonyl (C=O) groups excluding carboxylic acids is 1. The van der Waals surface area contributed by atoms with Gasteiger partial charge in [-0.1, -0.05) is 24.6 Å². The van der Waals surface area contributed by atoms with Crippen molar-refractivity contribution in [2.45, 2.75) is 49.4 Å². The highest BCUT2D eigenvalue weighted by molar-refractivity contribution is 7.98. The van der Waals surface area contributed by atoms with E-state index in [1.165, 1.54) is 17.7 Å². The average molecular weight is 399 g/mol. The summed E-state index contributed by atoms with van der Waals surface area (Å²) in [6.07, 6.45) is 4.51. The molecule has 4 rings (SSSR count). The predicted molar refractivity (Wildman–Crippen MR) is 109 cm³/mol. The molecule has 1 aliphatic heterocycles. The van der Waals surface area contributed by atoms with E-state index in [1.807, 2.05) is 24.3 Å². The van der Waals surface area contributed by atoms with Crippen LogP contribution in [0.25, 0.3) is 0 Å². The van der Waals surface area contributed by atoms with Crippen LogP contribution in [0.2, 0.25) is 0 Å². The van der Waals surface area contributed by atoms with E-state index in [2.05, 4.69) is 37.6 Å². The minimum Gasteiger partial charge on any atom is -0.345 e. The van der Waals surface area contributed by atoms with E-state index in [4.69, 9.17) is 0 Å². The van der Waals surface area contributed by atoms with E-state index >= 15 is 0 Å². The van der Waals surface area contributed by atoms with Crippen LogP contribution >= 0.6 is 23.1 Å². The van der Waals surface area contributed by atoms with Gasteiger partial charge in [0.25, 0.3) is 5.91 Å². The number of thioether (sulfide) groups is 1. The Balaban J connectivity index is 1.42. The summed E-state index contributed by atoms with van der Waals surface area (Å²) in [7, 11) is 0. The SMILES string of the molecule is O=C(NCc1nnc2n1CCCCC2)c1ccccc1SCc1cccs1. The van der Waals surface area contributed by atoms with E-state index in [9.17, 15) is 4.79 Å². The lowest BCUT2D eigenvalue weighted by Gasteiger charge is -2.11. The molecule has 0 bridgehead atoms. The number of aromatic nitrogens is 3. The van der Waals surface area contributed by atoms with Gasteiger partial charge in [-0.05, 0) is 36.4 Å².